The number of rotatable bonds is 9. The summed E-state index contributed by atoms with van der Waals surface area (Å²) < 4.78 is 6.06. The van der Waals surface area contributed by atoms with Gasteiger partial charge in [0.1, 0.15) is 12.4 Å². The molecule has 0 spiro atoms. The highest BCUT2D eigenvalue weighted by molar-refractivity contribution is 7.98. The molecular weight excluding hydrogens is 400 g/mol. The number of thioether (sulfide) groups is 1. The van der Waals surface area contributed by atoms with Crippen LogP contribution in [0, 0.1) is 6.92 Å². The second-order valence-corrected chi connectivity index (χ2v) is 8.69. The van der Waals surface area contributed by atoms with Gasteiger partial charge in [0, 0.05) is 30.6 Å². The number of ether oxygens (including phenoxy) is 1. The molecule has 0 unspecified atom stereocenters. The molecule has 150 valence electrons. The Labute approximate surface area is 179 Å². The number of nitrogens with one attached hydrogen (secondary N) is 1. The fraction of sp³-hybridized carbons (Fsp3) is 0.273. The number of hydrogen-bond donors (Lipinski definition) is 1. The summed E-state index contributed by atoms with van der Waals surface area (Å²) in [5, 5.41) is 5.22. The monoisotopic (exact) mass is 424 g/mol. The Hall–Kier alpha value is -2.35. The number of thiophene rings is 1. The number of benzene rings is 1. The van der Waals surface area contributed by atoms with Crippen molar-refractivity contribution in [1.29, 1.82) is 0 Å². The van der Waals surface area contributed by atoms with Crippen LogP contribution in [-0.4, -0.2) is 40.1 Å². The predicted molar refractivity (Wildman–Crippen MR) is 121 cm³/mol. The lowest BCUT2D eigenvalue weighted by molar-refractivity contribution is 0.232. The average molecular weight is 425 g/mol. The van der Waals surface area contributed by atoms with Crippen molar-refractivity contribution in [2.75, 3.05) is 20.2 Å². The van der Waals surface area contributed by atoms with Crippen LogP contribution in [0.2, 0.25) is 0 Å². The van der Waals surface area contributed by atoms with Crippen LogP contribution in [0.3, 0.4) is 0 Å². The molecule has 7 heteroatoms. The summed E-state index contributed by atoms with van der Waals surface area (Å²) in [6.07, 6.45) is 1.83. The molecule has 29 heavy (non-hydrogen) atoms. The number of H-pyrrole nitrogens is 1. The topological polar surface area (TPSA) is 54.0 Å². The molecule has 0 aliphatic heterocycles. The first-order valence-electron chi connectivity index (χ1n) is 9.53. The van der Waals surface area contributed by atoms with Gasteiger partial charge >= 0.3 is 0 Å². The molecule has 5 nitrogen and oxygen atoms in total. The number of imidazole rings is 1. The van der Waals surface area contributed by atoms with E-state index in [9.17, 15) is 0 Å². The van der Waals surface area contributed by atoms with E-state index in [0.29, 0.717) is 6.61 Å². The highest BCUT2D eigenvalue weighted by Gasteiger charge is 2.10. The first-order valence-corrected chi connectivity index (χ1v) is 11.5. The number of pyridine rings is 1. The van der Waals surface area contributed by atoms with Gasteiger partial charge in [-0.15, -0.1) is 0 Å². The molecule has 1 N–H and O–H groups in total. The van der Waals surface area contributed by atoms with E-state index in [1.165, 1.54) is 5.56 Å². The van der Waals surface area contributed by atoms with Gasteiger partial charge in [-0.05, 0) is 54.6 Å². The number of aromatic nitrogens is 3. The first-order chi connectivity index (χ1) is 14.2. The van der Waals surface area contributed by atoms with Gasteiger partial charge in [-0.1, -0.05) is 23.9 Å². The van der Waals surface area contributed by atoms with Crippen LogP contribution >= 0.6 is 23.1 Å². The molecule has 0 bridgehead atoms. The van der Waals surface area contributed by atoms with Crippen LogP contribution in [0.25, 0.3) is 11.0 Å². The number of fused-ring (bicyclic) bond motifs is 1. The van der Waals surface area contributed by atoms with Gasteiger partial charge in [0.15, 0.2) is 5.16 Å². The average Bonchev–Trinajstić information content (AvgIpc) is 3.37. The zero-order chi connectivity index (χ0) is 20.1. The van der Waals surface area contributed by atoms with Crippen molar-refractivity contribution < 1.29 is 4.74 Å². The lowest BCUT2D eigenvalue weighted by atomic mass is 10.2. The summed E-state index contributed by atoms with van der Waals surface area (Å²) in [7, 11) is 2.12. The number of nitrogens with zero attached hydrogens (tertiary/aromatic N) is 3. The molecular formula is C22H24N4OS2. The maximum absolute atomic E-state index is 6.06. The predicted octanol–water partition coefficient (Wildman–Crippen LogP) is 5.13. The first kappa shape index (κ1) is 19.9. The Balaban J connectivity index is 1.31. The van der Waals surface area contributed by atoms with Gasteiger partial charge in [-0.25, -0.2) is 4.98 Å². The third-order valence-corrected chi connectivity index (χ3v) is 6.35. The molecule has 0 aliphatic rings. The molecule has 0 atom stereocenters. The van der Waals surface area contributed by atoms with E-state index in [2.05, 4.69) is 50.6 Å². The summed E-state index contributed by atoms with van der Waals surface area (Å²) in [5.41, 5.74) is 5.52. The lowest BCUT2D eigenvalue weighted by Crippen LogP contribution is -2.23. The van der Waals surface area contributed by atoms with Gasteiger partial charge in [0.2, 0.25) is 0 Å². The molecule has 0 radical (unpaired) electrons. The Bertz CT molecular complexity index is 1030. The minimum atomic E-state index is 0.654. The molecule has 0 amide bonds. The minimum absolute atomic E-state index is 0.654. The Kier molecular flexibility index (Phi) is 6.49. The number of hydrogen-bond acceptors (Lipinski definition) is 6. The van der Waals surface area contributed by atoms with Crippen molar-refractivity contribution in [3.8, 4) is 5.75 Å². The number of para-hydroxylation sites is 2. The van der Waals surface area contributed by atoms with Crippen molar-refractivity contribution in [2.24, 2.45) is 0 Å². The largest absolute Gasteiger partial charge is 0.492 e. The van der Waals surface area contributed by atoms with Gasteiger partial charge in [0.05, 0.1) is 16.7 Å². The summed E-state index contributed by atoms with van der Waals surface area (Å²) in [6, 6.07) is 12.2. The van der Waals surface area contributed by atoms with Crippen LogP contribution in [0.15, 0.2) is 58.5 Å². The third kappa shape index (κ3) is 5.18. The normalized spacial score (nSPS) is 11.4. The molecule has 4 rings (SSSR count). The van der Waals surface area contributed by atoms with Crippen molar-refractivity contribution in [3.63, 3.8) is 0 Å². The number of likely N-dealkylation sites (N-methyl/N-ethyl adjacent to an activating group) is 1. The van der Waals surface area contributed by atoms with E-state index in [4.69, 9.17) is 4.74 Å². The summed E-state index contributed by atoms with van der Waals surface area (Å²) in [5.74, 6) is 1.66. The van der Waals surface area contributed by atoms with E-state index in [-0.39, 0.29) is 0 Å². The zero-order valence-electron chi connectivity index (χ0n) is 16.6. The van der Waals surface area contributed by atoms with Gasteiger partial charge in [0.25, 0.3) is 0 Å². The van der Waals surface area contributed by atoms with Crippen molar-refractivity contribution in [3.05, 3.63) is 70.2 Å². The lowest BCUT2D eigenvalue weighted by Gasteiger charge is -2.17. The molecule has 0 aliphatic carbocycles. The molecule has 0 saturated carbocycles. The van der Waals surface area contributed by atoms with Crippen LogP contribution in [-0.2, 0) is 12.3 Å². The maximum atomic E-state index is 6.06. The van der Waals surface area contributed by atoms with E-state index in [1.54, 1.807) is 23.1 Å². The molecule has 0 fully saturated rings. The second kappa shape index (κ2) is 9.43. The molecule has 3 aromatic heterocycles. The summed E-state index contributed by atoms with van der Waals surface area (Å²) in [4.78, 5) is 14.8. The SMILES string of the molecule is Cc1c(OCCN(C)Cc2ccsc2)ccnc1CSc1nc2ccccc2[nH]1. The molecule has 4 aromatic rings. The van der Waals surface area contributed by atoms with E-state index >= 15 is 0 Å². The molecule has 0 saturated heterocycles. The van der Waals surface area contributed by atoms with Gasteiger partial charge in [-0.2, -0.15) is 11.3 Å². The Morgan fingerprint density at radius 2 is 2.10 bits per heavy atom. The van der Waals surface area contributed by atoms with Crippen LogP contribution < -0.4 is 4.74 Å². The van der Waals surface area contributed by atoms with Crippen molar-refractivity contribution >= 4 is 34.1 Å². The zero-order valence-corrected chi connectivity index (χ0v) is 18.2. The molecule has 1 aromatic carbocycles. The maximum Gasteiger partial charge on any atom is 0.166 e. The smallest absolute Gasteiger partial charge is 0.166 e. The van der Waals surface area contributed by atoms with E-state index in [0.717, 1.165) is 52.0 Å². The van der Waals surface area contributed by atoms with Crippen molar-refractivity contribution in [2.45, 2.75) is 24.4 Å². The second-order valence-electron chi connectivity index (χ2n) is 6.95. The number of aromatic amines is 1. The van der Waals surface area contributed by atoms with E-state index in [1.807, 2.05) is 36.5 Å². The summed E-state index contributed by atoms with van der Waals surface area (Å²) in [6.45, 7) is 4.55. The standard InChI is InChI=1S/C22H24N4OS2/c1-16-20(15-29-22-24-18-5-3-4-6-19(18)25-22)23-9-7-21(16)27-11-10-26(2)13-17-8-12-28-14-17/h3-9,12,14H,10-11,13,15H2,1-2H3,(H,24,25). The molecule has 3 heterocycles. The Morgan fingerprint density at radius 1 is 1.21 bits per heavy atom. The van der Waals surface area contributed by atoms with Gasteiger partial charge < -0.3 is 9.72 Å². The highest BCUT2D eigenvalue weighted by Crippen LogP contribution is 2.27. The highest BCUT2D eigenvalue weighted by atomic mass is 32.2. The quantitative estimate of drug-likeness (QED) is 0.378. The van der Waals surface area contributed by atoms with Gasteiger partial charge in [-0.3, -0.25) is 9.88 Å². The summed E-state index contributed by atoms with van der Waals surface area (Å²) >= 11 is 3.40. The third-order valence-electron chi connectivity index (χ3n) is 4.74. The minimum Gasteiger partial charge on any atom is -0.492 e. The van der Waals surface area contributed by atoms with Crippen LogP contribution in [0.5, 0.6) is 5.75 Å². The van der Waals surface area contributed by atoms with E-state index < -0.39 is 0 Å². The Morgan fingerprint density at radius 3 is 2.93 bits per heavy atom. The fourth-order valence-corrected chi connectivity index (χ4v) is 4.65. The van der Waals surface area contributed by atoms with Crippen LogP contribution in [0.1, 0.15) is 16.8 Å². The fourth-order valence-electron chi connectivity index (χ4n) is 3.08. The van der Waals surface area contributed by atoms with Crippen molar-refractivity contribution in [1.82, 2.24) is 19.9 Å². The van der Waals surface area contributed by atoms with Crippen LogP contribution in [0.4, 0.5) is 0 Å².